The van der Waals surface area contributed by atoms with Gasteiger partial charge in [-0.3, -0.25) is 4.79 Å². The van der Waals surface area contributed by atoms with E-state index in [0.717, 1.165) is 12.0 Å². The van der Waals surface area contributed by atoms with E-state index in [1.807, 2.05) is 43.4 Å². The van der Waals surface area contributed by atoms with Crippen molar-refractivity contribution in [1.82, 2.24) is 4.90 Å². The number of amides is 1. The minimum absolute atomic E-state index is 0. The van der Waals surface area contributed by atoms with E-state index in [4.69, 9.17) is 5.73 Å². The monoisotopic (exact) mass is 324 g/mol. The highest BCUT2D eigenvalue weighted by Gasteiger charge is 2.18. The Morgan fingerprint density at radius 1 is 1.24 bits per heavy atom. The van der Waals surface area contributed by atoms with Crippen LogP contribution < -0.4 is 5.73 Å². The molecule has 0 saturated heterocycles. The van der Waals surface area contributed by atoms with Gasteiger partial charge in [0.2, 0.25) is 5.91 Å². The smallest absolute Gasteiger partial charge is 0.239 e. The molecule has 0 aliphatic carbocycles. The van der Waals surface area contributed by atoms with Crippen LogP contribution in [0.1, 0.15) is 10.4 Å². The molecule has 1 aromatic heterocycles. The zero-order valence-electron chi connectivity index (χ0n) is 12.1. The van der Waals surface area contributed by atoms with E-state index in [9.17, 15) is 4.79 Å². The van der Waals surface area contributed by atoms with Gasteiger partial charge in [0.15, 0.2) is 0 Å². The Hall–Kier alpha value is -1.36. The first kappa shape index (κ1) is 17.7. The van der Waals surface area contributed by atoms with E-state index in [1.165, 1.54) is 4.88 Å². The summed E-state index contributed by atoms with van der Waals surface area (Å²) in [5.74, 6) is 0.00501. The van der Waals surface area contributed by atoms with Crippen LogP contribution in [0.15, 0.2) is 47.8 Å². The normalized spacial score (nSPS) is 11.5. The highest BCUT2D eigenvalue weighted by atomic mass is 35.5. The summed E-state index contributed by atoms with van der Waals surface area (Å²) in [6.07, 6.45) is 1.47. The van der Waals surface area contributed by atoms with Crippen LogP contribution in [-0.2, 0) is 17.6 Å². The summed E-state index contributed by atoms with van der Waals surface area (Å²) < 4.78 is 0. The molecule has 0 aliphatic rings. The van der Waals surface area contributed by atoms with Crippen molar-refractivity contribution in [1.29, 1.82) is 0 Å². The summed E-state index contributed by atoms with van der Waals surface area (Å²) in [4.78, 5) is 15.2. The molecule has 1 amide bonds. The molecule has 1 aromatic carbocycles. The molecule has 0 bridgehead atoms. The molecule has 114 valence electrons. The number of likely N-dealkylation sites (N-methyl/N-ethyl adjacent to an activating group) is 1. The summed E-state index contributed by atoms with van der Waals surface area (Å²) in [6.45, 7) is 0.710. The van der Waals surface area contributed by atoms with Gasteiger partial charge in [0.25, 0.3) is 0 Å². The third kappa shape index (κ3) is 5.50. The maximum Gasteiger partial charge on any atom is 0.239 e. The highest BCUT2D eigenvalue weighted by Crippen LogP contribution is 2.10. The molecule has 0 saturated carbocycles. The second-order valence-corrected chi connectivity index (χ2v) is 5.92. The third-order valence-corrected chi connectivity index (χ3v) is 4.20. The maximum atomic E-state index is 12.2. The predicted molar refractivity (Wildman–Crippen MR) is 91.0 cm³/mol. The van der Waals surface area contributed by atoms with E-state index in [0.29, 0.717) is 13.0 Å². The number of carbonyl (C=O) groups excluding carboxylic acids is 1. The van der Waals surface area contributed by atoms with E-state index in [1.54, 1.807) is 16.2 Å². The van der Waals surface area contributed by atoms with Crippen LogP contribution >= 0.6 is 23.7 Å². The molecule has 2 N–H and O–H groups in total. The van der Waals surface area contributed by atoms with Crippen molar-refractivity contribution in [2.24, 2.45) is 5.73 Å². The van der Waals surface area contributed by atoms with Crippen LogP contribution in [0.25, 0.3) is 0 Å². The minimum Gasteiger partial charge on any atom is -0.344 e. The van der Waals surface area contributed by atoms with Crippen molar-refractivity contribution < 1.29 is 4.79 Å². The second-order valence-electron chi connectivity index (χ2n) is 4.89. The van der Waals surface area contributed by atoms with E-state index < -0.39 is 6.04 Å². The lowest BCUT2D eigenvalue weighted by Gasteiger charge is -2.21. The Kier molecular flexibility index (Phi) is 7.43. The van der Waals surface area contributed by atoms with Crippen LogP contribution in [0.3, 0.4) is 0 Å². The summed E-state index contributed by atoms with van der Waals surface area (Å²) in [7, 11) is 1.82. The zero-order valence-corrected chi connectivity index (χ0v) is 13.7. The molecular formula is C16H21ClN2OS. The molecule has 0 fully saturated rings. The van der Waals surface area contributed by atoms with Gasteiger partial charge >= 0.3 is 0 Å². The number of hydrogen-bond donors (Lipinski definition) is 1. The largest absolute Gasteiger partial charge is 0.344 e. The van der Waals surface area contributed by atoms with Crippen molar-refractivity contribution in [3.05, 3.63) is 58.3 Å². The van der Waals surface area contributed by atoms with Crippen molar-refractivity contribution in [3.63, 3.8) is 0 Å². The Labute approximate surface area is 136 Å². The zero-order chi connectivity index (χ0) is 14.4. The minimum atomic E-state index is -0.467. The average Bonchev–Trinajstić information content (AvgIpc) is 2.98. The number of carbonyl (C=O) groups is 1. The van der Waals surface area contributed by atoms with Crippen molar-refractivity contribution in [2.45, 2.75) is 18.9 Å². The van der Waals surface area contributed by atoms with Crippen molar-refractivity contribution in [3.8, 4) is 0 Å². The first-order valence-electron chi connectivity index (χ1n) is 6.73. The van der Waals surface area contributed by atoms with Gasteiger partial charge in [-0.2, -0.15) is 0 Å². The average molecular weight is 325 g/mol. The van der Waals surface area contributed by atoms with Crippen molar-refractivity contribution in [2.75, 3.05) is 13.6 Å². The van der Waals surface area contributed by atoms with Crippen molar-refractivity contribution >= 4 is 29.7 Å². The number of nitrogens with zero attached hydrogens (tertiary/aromatic N) is 1. The summed E-state index contributed by atoms with van der Waals surface area (Å²) in [5.41, 5.74) is 7.11. The van der Waals surface area contributed by atoms with Gasteiger partial charge in [-0.05, 0) is 29.9 Å². The number of hydrogen-bond acceptors (Lipinski definition) is 3. The standard InChI is InChI=1S/C16H20N2OS.ClH/c1-18(10-9-14-8-5-11-20-14)16(19)15(17)12-13-6-3-2-4-7-13;/h2-8,11,15H,9-10,12,17H2,1H3;1H/t15-;/m0./s1. The number of nitrogens with two attached hydrogens (primary N) is 1. The molecular weight excluding hydrogens is 304 g/mol. The molecule has 0 radical (unpaired) electrons. The Balaban J connectivity index is 0.00000220. The Bertz CT molecular complexity index is 530. The van der Waals surface area contributed by atoms with Crippen LogP contribution in [0.4, 0.5) is 0 Å². The van der Waals surface area contributed by atoms with Gasteiger partial charge in [-0.1, -0.05) is 36.4 Å². The fourth-order valence-electron chi connectivity index (χ4n) is 2.08. The predicted octanol–water partition coefficient (Wildman–Crippen LogP) is 2.74. The Morgan fingerprint density at radius 3 is 2.57 bits per heavy atom. The Morgan fingerprint density at radius 2 is 1.95 bits per heavy atom. The lowest BCUT2D eigenvalue weighted by atomic mass is 10.1. The van der Waals surface area contributed by atoms with Gasteiger partial charge < -0.3 is 10.6 Å². The molecule has 5 heteroatoms. The number of rotatable bonds is 6. The maximum absolute atomic E-state index is 12.2. The van der Waals surface area contributed by atoms with Crippen LogP contribution in [-0.4, -0.2) is 30.4 Å². The third-order valence-electron chi connectivity index (χ3n) is 3.27. The molecule has 1 atom stereocenters. The quantitative estimate of drug-likeness (QED) is 0.888. The molecule has 3 nitrogen and oxygen atoms in total. The fourth-order valence-corrected chi connectivity index (χ4v) is 2.78. The fraction of sp³-hybridized carbons (Fsp3) is 0.312. The summed E-state index contributed by atoms with van der Waals surface area (Å²) >= 11 is 1.72. The lowest BCUT2D eigenvalue weighted by Crippen LogP contribution is -2.43. The topological polar surface area (TPSA) is 46.3 Å². The molecule has 21 heavy (non-hydrogen) atoms. The van der Waals surface area contributed by atoms with Gasteiger partial charge in [0.05, 0.1) is 6.04 Å². The van der Waals surface area contributed by atoms with E-state index in [-0.39, 0.29) is 18.3 Å². The second kappa shape index (κ2) is 8.82. The molecule has 0 aliphatic heterocycles. The van der Waals surface area contributed by atoms with Gasteiger partial charge in [0, 0.05) is 18.5 Å². The summed E-state index contributed by atoms with van der Waals surface area (Å²) in [5, 5.41) is 2.05. The molecule has 2 rings (SSSR count). The van der Waals surface area contributed by atoms with E-state index >= 15 is 0 Å². The number of thiophene rings is 1. The first-order valence-corrected chi connectivity index (χ1v) is 7.61. The summed E-state index contributed by atoms with van der Waals surface area (Å²) in [6, 6.07) is 13.5. The number of benzene rings is 1. The van der Waals surface area contributed by atoms with Crippen LogP contribution in [0.5, 0.6) is 0 Å². The van der Waals surface area contributed by atoms with E-state index in [2.05, 4.69) is 11.4 Å². The van der Waals surface area contributed by atoms with Gasteiger partial charge in [-0.25, -0.2) is 0 Å². The SMILES string of the molecule is CN(CCc1cccs1)C(=O)[C@@H](N)Cc1ccccc1.Cl. The molecule has 0 spiro atoms. The molecule has 2 aromatic rings. The lowest BCUT2D eigenvalue weighted by molar-refractivity contribution is -0.131. The van der Waals surface area contributed by atoms with Crippen LogP contribution in [0.2, 0.25) is 0 Å². The first-order chi connectivity index (χ1) is 9.66. The highest BCUT2D eigenvalue weighted by molar-refractivity contribution is 7.09. The van der Waals surface area contributed by atoms with Crippen LogP contribution in [0, 0.1) is 0 Å². The molecule has 1 heterocycles. The molecule has 0 unspecified atom stereocenters. The van der Waals surface area contributed by atoms with Gasteiger partial charge in [-0.15, -0.1) is 23.7 Å². The number of halogens is 1. The van der Waals surface area contributed by atoms with Gasteiger partial charge in [0.1, 0.15) is 0 Å².